The Morgan fingerprint density at radius 1 is 1.02 bits per heavy atom. The number of aromatic nitrogens is 2. The SMILES string of the molecule is CC(C)(C)NC(=O)[C@@H]1CCCN1C(=O)C(O)[C@H](Cc1ccccc1)NC(=O)[C@@](N)(CC(=O)O)C(=O)c1cnc2ccccc2n1. The summed E-state index contributed by atoms with van der Waals surface area (Å²) in [6, 6.07) is 13.2. The van der Waals surface area contributed by atoms with Crippen LogP contribution in [0.2, 0.25) is 0 Å². The number of carboxylic acids is 1. The topological polar surface area (TPSA) is 205 Å². The van der Waals surface area contributed by atoms with E-state index >= 15 is 0 Å². The fraction of sp³-hybridized carbons (Fsp3) is 0.406. The standard InChI is InChI=1S/C32H38N6O7/c1-31(2,3)37-28(43)24-14-9-15-38(24)29(44)26(41)22(16-19-10-5-4-6-11-19)36-30(45)32(33,17-25(39)40)27(42)23-18-34-20-12-7-8-13-21(20)35-23/h4-8,10-13,18,22,24,26,41H,9,14-17,33H2,1-3H3,(H,36,45)(H,37,43)(H,39,40)/t22-,24-,26?,32+/m0/s1. The molecule has 13 nitrogen and oxygen atoms in total. The number of aliphatic carboxylic acids is 1. The number of nitrogens with two attached hydrogens (primary N) is 1. The van der Waals surface area contributed by atoms with Gasteiger partial charge in [0.2, 0.25) is 17.6 Å². The van der Waals surface area contributed by atoms with E-state index in [0.29, 0.717) is 29.4 Å². The van der Waals surface area contributed by atoms with Gasteiger partial charge >= 0.3 is 5.97 Å². The molecule has 13 heteroatoms. The lowest BCUT2D eigenvalue weighted by Gasteiger charge is -2.33. The molecule has 238 valence electrons. The highest BCUT2D eigenvalue weighted by molar-refractivity contribution is 6.19. The van der Waals surface area contributed by atoms with Crippen molar-refractivity contribution < 1.29 is 34.2 Å². The Hall–Kier alpha value is -4.75. The summed E-state index contributed by atoms with van der Waals surface area (Å²) < 4.78 is 0. The molecule has 1 fully saturated rings. The van der Waals surface area contributed by atoms with E-state index in [-0.39, 0.29) is 24.6 Å². The maximum Gasteiger partial charge on any atom is 0.306 e. The van der Waals surface area contributed by atoms with Crippen LogP contribution in [0.15, 0.2) is 60.8 Å². The Morgan fingerprint density at radius 2 is 1.67 bits per heavy atom. The summed E-state index contributed by atoms with van der Waals surface area (Å²) in [6.07, 6.45) is -1.00. The van der Waals surface area contributed by atoms with E-state index < -0.39 is 59.3 Å². The number of amides is 3. The summed E-state index contributed by atoms with van der Waals surface area (Å²) in [5.74, 6) is -5.01. The number of aliphatic hydroxyl groups excluding tert-OH is 1. The minimum absolute atomic E-state index is 0.0701. The van der Waals surface area contributed by atoms with Gasteiger partial charge in [0.05, 0.1) is 29.7 Å². The molecule has 0 bridgehead atoms. The Kier molecular flexibility index (Phi) is 9.94. The molecule has 3 aromatic rings. The van der Waals surface area contributed by atoms with Crippen molar-refractivity contribution in [2.45, 2.75) is 75.7 Å². The summed E-state index contributed by atoms with van der Waals surface area (Å²) in [6.45, 7) is 5.65. The summed E-state index contributed by atoms with van der Waals surface area (Å²) in [5, 5.41) is 26.4. The average Bonchev–Trinajstić information content (AvgIpc) is 3.49. The third-order valence-corrected chi connectivity index (χ3v) is 7.51. The summed E-state index contributed by atoms with van der Waals surface area (Å²) in [7, 11) is 0. The van der Waals surface area contributed by atoms with Gasteiger partial charge in [-0.3, -0.25) is 29.0 Å². The van der Waals surface area contributed by atoms with Crippen molar-refractivity contribution in [1.29, 1.82) is 0 Å². The quantitative estimate of drug-likeness (QED) is 0.152. The molecule has 0 spiro atoms. The van der Waals surface area contributed by atoms with E-state index in [1.54, 1.807) is 54.6 Å². The smallest absolute Gasteiger partial charge is 0.306 e. The Morgan fingerprint density at radius 3 is 2.31 bits per heavy atom. The number of benzene rings is 2. The van der Waals surface area contributed by atoms with Crippen molar-refractivity contribution in [2.24, 2.45) is 5.73 Å². The molecule has 6 N–H and O–H groups in total. The maximum absolute atomic E-state index is 13.8. The second-order valence-corrected chi connectivity index (χ2v) is 12.3. The molecule has 45 heavy (non-hydrogen) atoms. The van der Waals surface area contributed by atoms with E-state index in [2.05, 4.69) is 20.6 Å². The molecule has 3 amide bonds. The number of carboxylic acid groups (broad SMARTS) is 1. The van der Waals surface area contributed by atoms with Crippen LogP contribution in [0, 0.1) is 0 Å². The lowest BCUT2D eigenvalue weighted by molar-refractivity contribution is -0.148. The number of carbonyl (C=O) groups excluding carboxylic acids is 4. The molecule has 1 aliphatic heterocycles. The van der Waals surface area contributed by atoms with E-state index in [1.165, 1.54) is 4.90 Å². The van der Waals surface area contributed by atoms with E-state index in [4.69, 9.17) is 5.73 Å². The average molecular weight is 619 g/mol. The normalized spacial score (nSPS) is 17.6. The number of fused-ring (bicyclic) bond motifs is 1. The molecule has 2 aromatic carbocycles. The van der Waals surface area contributed by atoms with Crippen LogP contribution < -0.4 is 16.4 Å². The first-order valence-electron chi connectivity index (χ1n) is 14.6. The van der Waals surface area contributed by atoms with E-state index in [9.17, 15) is 34.2 Å². The van der Waals surface area contributed by atoms with Gasteiger partial charge in [-0.15, -0.1) is 0 Å². The zero-order valence-corrected chi connectivity index (χ0v) is 25.4. The number of likely N-dealkylation sites (tertiary alicyclic amines) is 1. The zero-order valence-electron chi connectivity index (χ0n) is 25.4. The van der Waals surface area contributed by atoms with Crippen LogP contribution in [-0.4, -0.2) is 90.4 Å². The van der Waals surface area contributed by atoms with Crippen molar-refractivity contribution in [3.8, 4) is 0 Å². The van der Waals surface area contributed by atoms with Crippen LogP contribution in [0.25, 0.3) is 11.0 Å². The molecule has 1 aromatic heterocycles. The number of nitrogens with one attached hydrogen (secondary N) is 2. The van der Waals surface area contributed by atoms with E-state index in [1.807, 2.05) is 20.8 Å². The molecule has 0 aliphatic carbocycles. The molecular formula is C32H38N6O7. The largest absolute Gasteiger partial charge is 0.481 e. The summed E-state index contributed by atoms with van der Waals surface area (Å²) in [4.78, 5) is 75.6. The van der Waals surface area contributed by atoms with Crippen LogP contribution in [0.4, 0.5) is 0 Å². The molecular weight excluding hydrogens is 580 g/mol. The van der Waals surface area contributed by atoms with Crippen LogP contribution in [0.3, 0.4) is 0 Å². The fourth-order valence-corrected chi connectivity index (χ4v) is 5.30. The molecule has 4 atom stereocenters. The monoisotopic (exact) mass is 618 g/mol. The maximum atomic E-state index is 13.8. The predicted molar refractivity (Wildman–Crippen MR) is 164 cm³/mol. The van der Waals surface area contributed by atoms with Crippen molar-refractivity contribution in [2.75, 3.05) is 6.54 Å². The van der Waals surface area contributed by atoms with Gasteiger partial charge in [0.25, 0.3) is 5.91 Å². The number of ketones is 1. The number of rotatable bonds is 11. The Labute approximate surface area is 260 Å². The third-order valence-electron chi connectivity index (χ3n) is 7.51. The van der Waals surface area contributed by atoms with Crippen molar-refractivity contribution in [3.63, 3.8) is 0 Å². The molecule has 4 rings (SSSR count). The number of para-hydroxylation sites is 2. The second kappa shape index (κ2) is 13.5. The van der Waals surface area contributed by atoms with Gasteiger partial charge in [0, 0.05) is 12.1 Å². The zero-order chi connectivity index (χ0) is 32.9. The Balaban J connectivity index is 1.64. The van der Waals surface area contributed by atoms with Gasteiger partial charge < -0.3 is 31.5 Å². The third kappa shape index (κ3) is 7.86. The van der Waals surface area contributed by atoms with E-state index in [0.717, 1.165) is 6.20 Å². The first kappa shape index (κ1) is 33.1. The molecule has 2 heterocycles. The second-order valence-electron chi connectivity index (χ2n) is 12.3. The molecule has 0 saturated carbocycles. The predicted octanol–water partition coefficient (Wildman–Crippen LogP) is 0.979. The van der Waals surface area contributed by atoms with Crippen molar-refractivity contribution in [1.82, 2.24) is 25.5 Å². The highest BCUT2D eigenvalue weighted by atomic mass is 16.4. The molecule has 1 aliphatic rings. The minimum atomic E-state index is -2.66. The molecule has 0 radical (unpaired) electrons. The minimum Gasteiger partial charge on any atom is -0.481 e. The first-order chi connectivity index (χ1) is 21.2. The summed E-state index contributed by atoms with van der Waals surface area (Å²) in [5.41, 5.74) is 4.18. The van der Waals surface area contributed by atoms with Gasteiger partial charge in [-0.25, -0.2) is 4.98 Å². The number of Topliss-reactive ketones (excluding diaryl/α,β-unsaturated/α-hetero) is 1. The lowest BCUT2D eigenvalue weighted by Crippen LogP contribution is -2.65. The van der Waals surface area contributed by atoms with Gasteiger partial charge in [-0.2, -0.15) is 0 Å². The van der Waals surface area contributed by atoms with Crippen LogP contribution in [0.5, 0.6) is 0 Å². The van der Waals surface area contributed by atoms with Crippen molar-refractivity contribution >= 4 is 40.5 Å². The number of nitrogens with zero attached hydrogens (tertiary/aromatic N) is 3. The number of hydrogen-bond acceptors (Lipinski definition) is 9. The number of carbonyl (C=O) groups is 5. The van der Waals surface area contributed by atoms with Crippen LogP contribution >= 0.6 is 0 Å². The molecule has 1 saturated heterocycles. The number of hydrogen-bond donors (Lipinski definition) is 5. The Bertz CT molecular complexity index is 1590. The van der Waals surface area contributed by atoms with Crippen LogP contribution in [0.1, 0.15) is 56.1 Å². The van der Waals surface area contributed by atoms with Crippen LogP contribution in [-0.2, 0) is 25.6 Å². The lowest BCUT2D eigenvalue weighted by atomic mass is 9.87. The number of aliphatic hydroxyl groups is 1. The highest BCUT2D eigenvalue weighted by Gasteiger charge is 2.47. The molecule has 1 unspecified atom stereocenters. The highest BCUT2D eigenvalue weighted by Crippen LogP contribution is 2.22. The summed E-state index contributed by atoms with van der Waals surface area (Å²) >= 11 is 0. The van der Waals surface area contributed by atoms with Gasteiger partial charge in [0.15, 0.2) is 11.6 Å². The van der Waals surface area contributed by atoms with Gasteiger partial charge in [-0.1, -0.05) is 42.5 Å². The van der Waals surface area contributed by atoms with Gasteiger partial charge in [-0.05, 0) is 57.7 Å². The first-order valence-corrected chi connectivity index (χ1v) is 14.6. The fourth-order valence-electron chi connectivity index (χ4n) is 5.30. The van der Waals surface area contributed by atoms with Crippen molar-refractivity contribution in [3.05, 3.63) is 72.1 Å². The van der Waals surface area contributed by atoms with Gasteiger partial charge in [0.1, 0.15) is 11.7 Å².